The van der Waals surface area contributed by atoms with Crippen LogP contribution in [0, 0.1) is 6.92 Å². The molecule has 2 heterocycles. The predicted molar refractivity (Wildman–Crippen MR) is 96.0 cm³/mol. The van der Waals surface area contributed by atoms with Gasteiger partial charge in [0.15, 0.2) is 0 Å². The molecule has 1 fully saturated rings. The number of nitrogens with zero attached hydrogens (tertiary/aromatic N) is 2. The minimum Gasteiger partial charge on any atom is -0.491 e. The second kappa shape index (κ2) is 8.36. The molecule has 0 spiro atoms. The first-order valence-corrected chi connectivity index (χ1v) is 8.78. The molecule has 2 aromatic rings. The highest BCUT2D eigenvalue weighted by Gasteiger charge is 2.16. The Kier molecular flexibility index (Phi) is 5.94. The van der Waals surface area contributed by atoms with Crippen molar-refractivity contribution in [2.24, 2.45) is 7.05 Å². The van der Waals surface area contributed by atoms with Crippen molar-refractivity contribution in [1.29, 1.82) is 0 Å². The van der Waals surface area contributed by atoms with Gasteiger partial charge in [0, 0.05) is 26.7 Å². The van der Waals surface area contributed by atoms with Crippen LogP contribution in [-0.2, 0) is 24.9 Å². The maximum atomic E-state index is 5.79. The largest absolute Gasteiger partial charge is 0.491 e. The summed E-state index contributed by atoms with van der Waals surface area (Å²) in [4.78, 5) is 0. The van der Waals surface area contributed by atoms with E-state index < -0.39 is 0 Å². The fourth-order valence-corrected chi connectivity index (χ4v) is 3.14. The number of hydrogen-bond acceptors (Lipinski definition) is 5. The molecule has 3 rings (SSSR count). The molecule has 6 nitrogen and oxygen atoms in total. The van der Waals surface area contributed by atoms with Crippen molar-refractivity contribution in [2.75, 3.05) is 20.3 Å². The van der Waals surface area contributed by atoms with Crippen molar-refractivity contribution >= 4 is 0 Å². The predicted octanol–water partition coefficient (Wildman–Crippen LogP) is 2.58. The van der Waals surface area contributed by atoms with E-state index in [1.165, 1.54) is 5.56 Å². The van der Waals surface area contributed by atoms with Gasteiger partial charge in [-0.25, -0.2) is 4.68 Å². The molecule has 136 valence electrons. The van der Waals surface area contributed by atoms with Crippen LogP contribution in [0.25, 0.3) is 0 Å². The quantitative estimate of drug-likeness (QED) is 0.797. The van der Waals surface area contributed by atoms with E-state index >= 15 is 0 Å². The van der Waals surface area contributed by atoms with Gasteiger partial charge in [0.1, 0.15) is 12.4 Å². The van der Waals surface area contributed by atoms with Crippen LogP contribution in [0.3, 0.4) is 0 Å². The first kappa shape index (κ1) is 17.8. The van der Waals surface area contributed by atoms with Crippen molar-refractivity contribution in [3.05, 3.63) is 41.1 Å². The first-order valence-electron chi connectivity index (χ1n) is 8.78. The zero-order valence-electron chi connectivity index (χ0n) is 15.2. The Bertz CT molecular complexity index is 676. The number of aryl methyl sites for hydroxylation is 2. The topological polar surface area (TPSA) is 57.5 Å². The fourth-order valence-electron chi connectivity index (χ4n) is 3.14. The van der Waals surface area contributed by atoms with E-state index in [0.717, 1.165) is 55.4 Å². The van der Waals surface area contributed by atoms with Gasteiger partial charge in [-0.2, -0.15) is 5.10 Å². The molecule has 1 aliphatic heterocycles. The third kappa shape index (κ3) is 4.52. The van der Waals surface area contributed by atoms with Gasteiger partial charge in [-0.3, -0.25) is 0 Å². The van der Waals surface area contributed by atoms with E-state index in [-0.39, 0.29) is 6.10 Å². The highest BCUT2D eigenvalue weighted by Crippen LogP contribution is 2.21. The molecule has 0 bridgehead atoms. The number of methoxy groups -OCH3 is 1. The molecule has 1 atom stereocenters. The monoisotopic (exact) mass is 345 g/mol. The Morgan fingerprint density at radius 2 is 2.08 bits per heavy atom. The van der Waals surface area contributed by atoms with E-state index in [9.17, 15) is 0 Å². The normalized spacial score (nSPS) is 17.0. The van der Waals surface area contributed by atoms with Crippen molar-refractivity contribution in [3.63, 3.8) is 0 Å². The molecule has 1 aromatic heterocycles. The number of nitrogens with one attached hydrogen (secondary N) is 1. The summed E-state index contributed by atoms with van der Waals surface area (Å²) >= 11 is 0. The van der Waals surface area contributed by atoms with Gasteiger partial charge in [-0.05, 0) is 37.5 Å². The number of hydrogen-bond donors (Lipinski definition) is 1. The third-order valence-corrected chi connectivity index (χ3v) is 4.50. The van der Waals surface area contributed by atoms with Crippen LogP contribution in [0.2, 0.25) is 0 Å². The van der Waals surface area contributed by atoms with Gasteiger partial charge in [0.2, 0.25) is 5.88 Å². The Balaban J connectivity index is 1.47. The highest BCUT2D eigenvalue weighted by atomic mass is 16.5. The van der Waals surface area contributed by atoms with E-state index in [1.807, 2.05) is 26.1 Å². The molecule has 1 aliphatic rings. The molecule has 0 radical (unpaired) electrons. The summed E-state index contributed by atoms with van der Waals surface area (Å²) in [5.74, 6) is 1.70. The minimum atomic E-state index is 0.249. The lowest BCUT2D eigenvalue weighted by molar-refractivity contribution is 0.0679. The molecule has 0 amide bonds. The van der Waals surface area contributed by atoms with Crippen LogP contribution in [0.5, 0.6) is 11.6 Å². The smallest absolute Gasteiger partial charge is 0.216 e. The standard InChI is InChI=1S/C19H27N3O3/c1-14-18(19(23-3)22(2)21-14)12-20-11-15-6-8-16(9-7-15)25-13-17-5-4-10-24-17/h6-9,17,20H,4-5,10-13H2,1-3H3/t17-/m1/s1. The Hall–Kier alpha value is -2.05. The first-order chi connectivity index (χ1) is 12.2. The molecular weight excluding hydrogens is 318 g/mol. The van der Waals surface area contributed by atoms with Gasteiger partial charge in [-0.1, -0.05) is 12.1 Å². The van der Waals surface area contributed by atoms with Gasteiger partial charge >= 0.3 is 0 Å². The van der Waals surface area contributed by atoms with Crippen molar-refractivity contribution < 1.29 is 14.2 Å². The summed E-state index contributed by atoms with van der Waals surface area (Å²) in [6, 6.07) is 8.21. The average Bonchev–Trinajstić information content (AvgIpc) is 3.22. The van der Waals surface area contributed by atoms with E-state index in [4.69, 9.17) is 14.2 Å². The van der Waals surface area contributed by atoms with Crippen LogP contribution in [0.1, 0.15) is 29.7 Å². The maximum Gasteiger partial charge on any atom is 0.216 e. The molecular formula is C19H27N3O3. The molecule has 1 saturated heterocycles. The van der Waals surface area contributed by atoms with Crippen LogP contribution in [-0.4, -0.2) is 36.2 Å². The number of aromatic nitrogens is 2. The van der Waals surface area contributed by atoms with Crippen LogP contribution < -0.4 is 14.8 Å². The lowest BCUT2D eigenvalue weighted by atomic mass is 10.2. The van der Waals surface area contributed by atoms with E-state index in [2.05, 4.69) is 22.5 Å². The van der Waals surface area contributed by atoms with E-state index in [0.29, 0.717) is 6.61 Å². The zero-order valence-corrected chi connectivity index (χ0v) is 15.2. The Morgan fingerprint density at radius 3 is 2.76 bits per heavy atom. The molecule has 0 saturated carbocycles. The maximum absolute atomic E-state index is 5.79. The second-order valence-electron chi connectivity index (χ2n) is 6.39. The fraction of sp³-hybridized carbons (Fsp3) is 0.526. The highest BCUT2D eigenvalue weighted by molar-refractivity contribution is 5.31. The van der Waals surface area contributed by atoms with Gasteiger partial charge < -0.3 is 19.5 Å². The summed E-state index contributed by atoms with van der Waals surface area (Å²) in [5, 5.41) is 7.85. The van der Waals surface area contributed by atoms with Crippen LogP contribution in [0.15, 0.2) is 24.3 Å². The molecule has 1 N–H and O–H groups in total. The number of ether oxygens (including phenoxy) is 3. The second-order valence-corrected chi connectivity index (χ2v) is 6.39. The van der Waals surface area contributed by atoms with E-state index in [1.54, 1.807) is 11.8 Å². The van der Waals surface area contributed by atoms with Crippen molar-refractivity contribution in [1.82, 2.24) is 15.1 Å². The SMILES string of the molecule is COc1c(CNCc2ccc(OC[C@H]3CCCO3)cc2)c(C)nn1C. The Labute approximate surface area is 149 Å². The summed E-state index contributed by atoms with van der Waals surface area (Å²) in [5.41, 5.74) is 3.30. The molecule has 25 heavy (non-hydrogen) atoms. The molecule has 0 aliphatic carbocycles. The molecule has 0 unspecified atom stereocenters. The summed E-state index contributed by atoms with van der Waals surface area (Å²) in [6.45, 7) is 5.00. The minimum absolute atomic E-state index is 0.249. The Morgan fingerprint density at radius 1 is 1.28 bits per heavy atom. The molecule has 6 heteroatoms. The molecule has 1 aromatic carbocycles. The third-order valence-electron chi connectivity index (χ3n) is 4.50. The zero-order chi connectivity index (χ0) is 17.6. The van der Waals surface area contributed by atoms with Gasteiger partial charge in [0.05, 0.1) is 24.5 Å². The summed E-state index contributed by atoms with van der Waals surface area (Å²) in [6.07, 6.45) is 2.48. The lowest BCUT2D eigenvalue weighted by Crippen LogP contribution is -2.16. The number of benzene rings is 1. The summed E-state index contributed by atoms with van der Waals surface area (Å²) in [7, 11) is 3.57. The average molecular weight is 345 g/mol. The van der Waals surface area contributed by atoms with Gasteiger partial charge in [-0.15, -0.1) is 0 Å². The number of rotatable bonds is 8. The van der Waals surface area contributed by atoms with Crippen molar-refractivity contribution in [3.8, 4) is 11.6 Å². The van der Waals surface area contributed by atoms with Crippen LogP contribution in [0.4, 0.5) is 0 Å². The summed E-state index contributed by atoms with van der Waals surface area (Å²) < 4.78 is 18.6. The van der Waals surface area contributed by atoms with Crippen molar-refractivity contribution in [2.45, 2.75) is 39.0 Å². The lowest BCUT2D eigenvalue weighted by Gasteiger charge is -2.12. The van der Waals surface area contributed by atoms with Crippen LogP contribution >= 0.6 is 0 Å². The van der Waals surface area contributed by atoms with Gasteiger partial charge in [0.25, 0.3) is 0 Å².